The highest BCUT2D eigenvalue weighted by molar-refractivity contribution is 5.92. The zero-order chi connectivity index (χ0) is 13.8. The van der Waals surface area contributed by atoms with Crippen molar-refractivity contribution >= 4 is 11.6 Å². The van der Waals surface area contributed by atoms with E-state index in [0.29, 0.717) is 12.5 Å². The summed E-state index contributed by atoms with van der Waals surface area (Å²) in [5, 5.41) is 12.1. The van der Waals surface area contributed by atoms with Crippen molar-refractivity contribution in [3.8, 4) is 0 Å². The van der Waals surface area contributed by atoms with E-state index in [1.165, 1.54) is 0 Å². The molecular weight excluding hydrogens is 240 g/mol. The van der Waals surface area contributed by atoms with Gasteiger partial charge in [0, 0.05) is 12.2 Å². The van der Waals surface area contributed by atoms with Gasteiger partial charge in [-0.25, -0.2) is 0 Å². The Hall–Kier alpha value is -1.39. The van der Waals surface area contributed by atoms with Crippen LogP contribution in [0.1, 0.15) is 18.4 Å². The number of aliphatic hydroxyl groups is 1. The van der Waals surface area contributed by atoms with Crippen LogP contribution in [0.4, 0.5) is 5.69 Å². The normalized spacial score (nSPS) is 22.1. The molecule has 1 aromatic carbocycles. The molecular formula is C15H22N2O2. The third-order valence-corrected chi connectivity index (χ3v) is 3.50. The minimum atomic E-state index is -0.125. The number of likely N-dealkylation sites (N-methyl/N-ethyl adjacent to an activating group) is 1. The molecule has 1 aromatic rings. The number of hydrogen-bond donors (Lipinski definition) is 2. The number of hydrogen-bond acceptors (Lipinski definition) is 3. The number of aryl methyl sites for hydroxylation is 1. The summed E-state index contributed by atoms with van der Waals surface area (Å²) in [5.74, 6) is 0.541. The predicted octanol–water partition coefficient (Wildman–Crippen LogP) is 1.64. The summed E-state index contributed by atoms with van der Waals surface area (Å²) in [6.45, 7) is 3.27. The van der Waals surface area contributed by atoms with Crippen LogP contribution in [0.2, 0.25) is 0 Å². The van der Waals surface area contributed by atoms with E-state index in [2.05, 4.69) is 5.32 Å². The van der Waals surface area contributed by atoms with Gasteiger partial charge in [0.15, 0.2) is 0 Å². The SMILES string of the molecule is Cc1cccc(NC(=O)CN(C)CC2CC(O)C2)c1. The molecule has 0 atom stereocenters. The van der Waals surface area contributed by atoms with Crippen LogP contribution in [0.15, 0.2) is 24.3 Å². The first-order valence-corrected chi connectivity index (χ1v) is 6.76. The van der Waals surface area contributed by atoms with Gasteiger partial charge in [0.1, 0.15) is 0 Å². The van der Waals surface area contributed by atoms with Crippen molar-refractivity contribution in [2.75, 3.05) is 25.5 Å². The van der Waals surface area contributed by atoms with Gasteiger partial charge in [-0.15, -0.1) is 0 Å². The van der Waals surface area contributed by atoms with Crippen LogP contribution >= 0.6 is 0 Å². The molecule has 0 aromatic heterocycles. The topological polar surface area (TPSA) is 52.6 Å². The fraction of sp³-hybridized carbons (Fsp3) is 0.533. The summed E-state index contributed by atoms with van der Waals surface area (Å²) in [7, 11) is 1.94. The lowest BCUT2D eigenvalue weighted by atomic mass is 9.82. The first kappa shape index (κ1) is 14.0. The van der Waals surface area contributed by atoms with Gasteiger partial charge in [-0.2, -0.15) is 0 Å². The molecule has 104 valence electrons. The maximum atomic E-state index is 11.9. The van der Waals surface area contributed by atoms with E-state index in [1.54, 1.807) is 0 Å². The standard InChI is InChI=1S/C15H22N2O2/c1-11-4-3-5-13(6-11)16-15(19)10-17(2)9-12-7-14(18)8-12/h3-6,12,14,18H,7-10H2,1-2H3,(H,16,19). The Morgan fingerprint density at radius 1 is 1.47 bits per heavy atom. The summed E-state index contributed by atoms with van der Waals surface area (Å²) in [4.78, 5) is 13.9. The Labute approximate surface area is 114 Å². The van der Waals surface area contributed by atoms with Crippen LogP contribution in [-0.2, 0) is 4.79 Å². The lowest BCUT2D eigenvalue weighted by molar-refractivity contribution is -0.117. The molecule has 0 saturated heterocycles. The fourth-order valence-electron chi connectivity index (χ4n) is 2.52. The minimum Gasteiger partial charge on any atom is -0.393 e. The summed E-state index contributed by atoms with van der Waals surface area (Å²) < 4.78 is 0. The number of carbonyl (C=O) groups excluding carboxylic acids is 1. The van der Waals surface area contributed by atoms with Crippen molar-refractivity contribution in [1.29, 1.82) is 0 Å². The Balaban J connectivity index is 1.74. The van der Waals surface area contributed by atoms with Crippen LogP contribution in [0, 0.1) is 12.8 Å². The maximum Gasteiger partial charge on any atom is 0.238 e. The molecule has 0 aliphatic heterocycles. The minimum absolute atomic E-state index is 0.00738. The molecule has 4 nitrogen and oxygen atoms in total. The highest BCUT2D eigenvalue weighted by Gasteiger charge is 2.28. The molecule has 1 amide bonds. The van der Waals surface area contributed by atoms with Gasteiger partial charge in [0.25, 0.3) is 0 Å². The Kier molecular flexibility index (Phi) is 4.56. The zero-order valence-electron chi connectivity index (χ0n) is 11.6. The van der Waals surface area contributed by atoms with Crippen LogP contribution in [0.3, 0.4) is 0 Å². The van der Waals surface area contributed by atoms with Crippen molar-refractivity contribution in [3.05, 3.63) is 29.8 Å². The summed E-state index contributed by atoms with van der Waals surface area (Å²) >= 11 is 0. The van der Waals surface area contributed by atoms with Crippen molar-refractivity contribution in [1.82, 2.24) is 4.90 Å². The number of nitrogens with zero attached hydrogens (tertiary/aromatic N) is 1. The van der Waals surface area contributed by atoms with Crippen molar-refractivity contribution in [2.24, 2.45) is 5.92 Å². The lowest BCUT2D eigenvalue weighted by Crippen LogP contribution is -2.39. The van der Waals surface area contributed by atoms with E-state index >= 15 is 0 Å². The van der Waals surface area contributed by atoms with Gasteiger partial charge < -0.3 is 10.4 Å². The molecule has 4 heteroatoms. The fourth-order valence-corrected chi connectivity index (χ4v) is 2.52. The van der Waals surface area contributed by atoms with Gasteiger partial charge in [-0.05, 0) is 50.4 Å². The van der Waals surface area contributed by atoms with Crippen LogP contribution < -0.4 is 5.32 Å². The highest BCUT2D eigenvalue weighted by Crippen LogP contribution is 2.27. The van der Waals surface area contributed by atoms with Gasteiger partial charge in [-0.1, -0.05) is 12.1 Å². The van der Waals surface area contributed by atoms with Gasteiger partial charge >= 0.3 is 0 Å². The molecule has 0 heterocycles. The van der Waals surface area contributed by atoms with Crippen molar-refractivity contribution < 1.29 is 9.90 Å². The van der Waals surface area contributed by atoms with Gasteiger partial charge in [-0.3, -0.25) is 9.69 Å². The van der Waals surface area contributed by atoms with E-state index in [9.17, 15) is 9.90 Å². The van der Waals surface area contributed by atoms with E-state index < -0.39 is 0 Å². The highest BCUT2D eigenvalue weighted by atomic mass is 16.3. The molecule has 0 bridgehead atoms. The van der Waals surface area contributed by atoms with Crippen LogP contribution in [0.25, 0.3) is 0 Å². The molecule has 1 aliphatic carbocycles. The van der Waals surface area contributed by atoms with Crippen LogP contribution in [0.5, 0.6) is 0 Å². The molecule has 0 spiro atoms. The quantitative estimate of drug-likeness (QED) is 0.848. The van der Waals surface area contributed by atoms with Crippen LogP contribution in [-0.4, -0.2) is 42.2 Å². The second-order valence-electron chi connectivity index (χ2n) is 5.61. The zero-order valence-corrected chi connectivity index (χ0v) is 11.6. The number of benzene rings is 1. The third kappa shape index (κ3) is 4.33. The van der Waals surface area contributed by atoms with Gasteiger partial charge in [0.2, 0.25) is 5.91 Å². The lowest BCUT2D eigenvalue weighted by Gasteiger charge is -2.34. The Bertz CT molecular complexity index is 442. The van der Waals surface area contributed by atoms with Crippen molar-refractivity contribution in [2.45, 2.75) is 25.9 Å². The number of rotatable bonds is 5. The first-order chi connectivity index (χ1) is 9.02. The van der Waals surface area contributed by atoms with E-state index in [1.807, 2.05) is 43.1 Å². The third-order valence-electron chi connectivity index (χ3n) is 3.50. The smallest absolute Gasteiger partial charge is 0.238 e. The van der Waals surface area contributed by atoms with Gasteiger partial charge in [0.05, 0.1) is 12.6 Å². The monoisotopic (exact) mass is 262 g/mol. The molecule has 0 radical (unpaired) electrons. The Morgan fingerprint density at radius 2 is 2.21 bits per heavy atom. The predicted molar refractivity (Wildman–Crippen MR) is 76.0 cm³/mol. The second kappa shape index (κ2) is 6.17. The number of anilines is 1. The molecule has 1 fully saturated rings. The number of amides is 1. The summed E-state index contributed by atoms with van der Waals surface area (Å²) in [6, 6.07) is 7.79. The Morgan fingerprint density at radius 3 is 2.84 bits per heavy atom. The maximum absolute atomic E-state index is 11.9. The number of carbonyl (C=O) groups is 1. The number of aliphatic hydroxyl groups excluding tert-OH is 1. The molecule has 19 heavy (non-hydrogen) atoms. The molecule has 1 saturated carbocycles. The van der Waals surface area contributed by atoms with E-state index in [4.69, 9.17) is 0 Å². The average Bonchev–Trinajstić information content (AvgIpc) is 2.26. The molecule has 1 aliphatic rings. The summed E-state index contributed by atoms with van der Waals surface area (Å²) in [6.07, 6.45) is 1.60. The largest absolute Gasteiger partial charge is 0.393 e. The van der Waals surface area contributed by atoms with E-state index in [-0.39, 0.29) is 12.0 Å². The second-order valence-corrected chi connectivity index (χ2v) is 5.61. The molecule has 0 unspecified atom stereocenters. The summed E-state index contributed by atoms with van der Waals surface area (Å²) in [5.41, 5.74) is 1.98. The first-order valence-electron chi connectivity index (χ1n) is 6.76. The van der Waals surface area contributed by atoms with Crippen molar-refractivity contribution in [3.63, 3.8) is 0 Å². The molecule has 2 rings (SSSR count). The number of nitrogens with one attached hydrogen (secondary N) is 1. The average molecular weight is 262 g/mol. The van der Waals surface area contributed by atoms with E-state index in [0.717, 1.165) is 30.6 Å². The molecule has 2 N–H and O–H groups in total.